The van der Waals surface area contributed by atoms with Crippen LogP contribution >= 0.6 is 0 Å². The zero-order valence-electron chi connectivity index (χ0n) is 4.89. The van der Waals surface area contributed by atoms with Crippen molar-refractivity contribution in [3.63, 3.8) is 0 Å². The normalized spacial score (nSPS) is 15.1. The molecule has 0 bridgehead atoms. The van der Waals surface area contributed by atoms with Gasteiger partial charge in [0.15, 0.2) is 0 Å². The van der Waals surface area contributed by atoms with Gasteiger partial charge in [-0.05, 0) is 6.92 Å². The number of fused-ring (bicyclic) bond motifs is 1. The lowest BCUT2D eigenvalue weighted by Crippen LogP contribution is -2.16. The zero-order valence-corrected chi connectivity index (χ0v) is 4.89. The van der Waals surface area contributed by atoms with Gasteiger partial charge in [0.25, 0.3) is 0 Å². The quantitative estimate of drug-likeness (QED) is 0.479. The number of rotatable bonds is 0. The fourth-order valence-corrected chi connectivity index (χ4v) is 1.10. The molecule has 2 heterocycles. The van der Waals surface area contributed by atoms with Gasteiger partial charge in [-0.25, -0.2) is 4.98 Å². The predicted molar refractivity (Wildman–Crippen MR) is 30.7 cm³/mol. The predicted octanol–water partition coefficient (Wildman–Crippen LogP) is 0.748. The van der Waals surface area contributed by atoms with E-state index in [1.807, 2.05) is 6.33 Å². The minimum absolute atomic E-state index is 1.18. The Kier molecular flexibility index (Phi) is 0.583. The summed E-state index contributed by atoms with van der Waals surface area (Å²) in [6.45, 7) is 3.24. The minimum Gasteiger partial charge on any atom is -0.334 e. The largest absolute Gasteiger partial charge is 0.334 e. The highest BCUT2D eigenvalue weighted by Crippen LogP contribution is 2.16. The Balaban J connectivity index is 2.66. The maximum atomic E-state index is 4.14. The van der Waals surface area contributed by atoms with E-state index < -0.39 is 0 Å². The van der Waals surface area contributed by atoms with Crippen LogP contribution in [-0.2, 0) is 13.0 Å². The first-order chi connectivity index (χ1) is 3.88. The standard InChI is InChI=1S/C6H8N2/c1-5-6-2-3-8(6)4-7-5/h4H,2-3H2,1H3. The van der Waals surface area contributed by atoms with Crippen LogP contribution in [-0.4, -0.2) is 9.55 Å². The first-order valence-electron chi connectivity index (χ1n) is 2.88. The molecule has 0 radical (unpaired) electrons. The lowest BCUT2D eigenvalue weighted by Gasteiger charge is -2.16. The van der Waals surface area contributed by atoms with Crippen LogP contribution in [0.15, 0.2) is 6.33 Å². The number of aryl methyl sites for hydroxylation is 2. The van der Waals surface area contributed by atoms with Crippen LogP contribution in [0.4, 0.5) is 0 Å². The summed E-state index contributed by atoms with van der Waals surface area (Å²) < 4.78 is 2.19. The number of nitrogens with zero attached hydrogens (tertiary/aromatic N) is 2. The molecule has 0 atom stereocenters. The van der Waals surface area contributed by atoms with Gasteiger partial charge in [-0.3, -0.25) is 0 Å². The first-order valence-corrected chi connectivity index (χ1v) is 2.88. The molecule has 1 aliphatic rings. The van der Waals surface area contributed by atoms with Gasteiger partial charge in [-0.2, -0.15) is 0 Å². The summed E-state index contributed by atoms with van der Waals surface area (Å²) in [5.74, 6) is 0. The molecule has 0 aliphatic carbocycles. The Morgan fingerprint density at radius 2 is 2.62 bits per heavy atom. The van der Waals surface area contributed by atoms with Crippen molar-refractivity contribution in [2.75, 3.05) is 0 Å². The lowest BCUT2D eigenvalue weighted by atomic mass is 10.2. The van der Waals surface area contributed by atoms with E-state index in [4.69, 9.17) is 0 Å². The van der Waals surface area contributed by atoms with Crippen LogP contribution in [0.5, 0.6) is 0 Å². The molecule has 0 unspecified atom stereocenters. The average molecular weight is 108 g/mol. The Bertz CT molecular complexity index is 199. The summed E-state index contributed by atoms with van der Waals surface area (Å²) in [7, 11) is 0. The van der Waals surface area contributed by atoms with E-state index in [0.717, 1.165) is 0 Å². The van der Waals surface area contributed by atoms with Gasteiger partial charge >= 0.3 is 0 Å². The summed E-state index contributed by atoms with van der Waals surface area (Å²) >= 11 is 0. The van der Waals surface area contributed by atoms with Crippen molar-refractivity contribution in [2.45, 2.75) is 19.9 Å². The van der Waals surface area contributed by atoms with Crippen molar-refractivity contribution in [1.29, 1.82) is 0 Å². The summed E-state index contributed by atoms with van der Waals surface area (Å²) in [6.07, 6.45) is 3.14. The number of hydrogen-bond donors (Lipinski definition) is 0. The zero-order chi connectivity index (χ0) is 5.56. The summed E-state index contributed by atoms with van der Waals surface area (Å²) in [6, 6.07) is 0. The van der Waals surface area contributed by atoms with Crippen LogP contribution in [0.1, 0.15) is 11.4 Å². The highest BCUT2D eigenvalue weighted by Gasteiger charge is 2.14. The summed E-state index contributed by atoms with van der Waals surface area (Å²) in [5.41, 5.74) is 2.63. The van der Waals surface area contributed by atoms with Crippen LogP contribution in [0.3, 0.4) is 0 Å². The van der Waals surface area contributed by atoms with Gasteiger partial charge in [-0.1, -0.05) is 0 Å². The Labute approximate surface area is 48.2 Å². The minimum atomic E-state index is 1.18. The number of hydrogen-bond acceptors (Lipinski definition) is 1. The van der Waals surface area contributed by atoms with E-state index in [2.05, 4.69) is 16.5 Å². The topological polar surface area (TPSA) is 17.8 Å². The Morgan fingerprint density at radius 1 is 1.75 bits per heavy atom. The number of imidazole rings is 1. The molecule has 8 heavy (non-hydrogen) atoms. The number of aromatic nitrogens is 2. The maximum absolute atomic E-state index is 4.14. The van der Waals surface area contributed by atoms with Gasteiger partial charge in [0.2, 0.25) is 0 Å². The van der Waals surface area contributed by atoms with E-state index in [0.29, 0.717) is 0 Å². The first kappa shape index (κ1) is 4.13. The van der Waals surface area contributed by atoms with E-state index in [9.17, 15) is 0 Å². The van der Waals surface area contributed by atoms with Gasteiger partial charge in [0.1, 0.15) is 0 Å². The molecule has 0 aromatic carbocycles. The molecular formula is C6H8N2. The molecule has 42 valence electrons. The second-order valence-electron chi connectivity index (χ2n) is 2.22. The Morgan fingerprint density at radius 3 is 2.88 bits per heavy atom. The molecule has 2 nitrogen and oxygen atoms in total. The van der Waals surface area contributed by atoms with Gasteiger partial charge in [0.05, 0.1) is 12.0 Å². The molecule has 2 rings (SSSR count). The molecule has 1 aromatic heterocycles. The molecular weight excluding hydrogens is 100 g/mol. The van der Waals surface area contributed by atoms with Crippen LogP contribution in [0.2, 0.25) is 0 Å². The molecule has 0 N–H and O–H groups in total. The molecule has 0 saturated carbocycles. The van der Waals surface area contributed by atoms with E-state index >= 15 is 0 Å². The molecule has 1 aromatic rings. The smallest absolute Gasteiger partial charge is 0.0951 e. The van der Waals surface area contributed by atoms with Crippen molar-refractivity contribution in [3.05, 3.63) is 17.7 Å². The summed E-state index contributed by atoms with van der Waals surface area (Å²) in [4.78, 5) is 4.14. The highest BCUT2D eigenvalue weighted by molar-refractivity contribution is 5.16. The van der Waals surface area contributed by atoms with Crippen molar-refractivity contribution >= 4 is 0 Å². The fourth-order valence-electron chi connectivity index (χ4n) is 1.10. The molecule has 0 amide bonds. The monoisotopic (exact) mass is 108 g/mol. The van der Waals surface area contributed by atoms with Crippen molar-refractivity contribution in [1.82, 2.24) is 9.55 Å². The third kappa shape index (κ3) is 0.312. The second-order valence-corrected chi connectivity index (χ2v) is 2.22. The van der Waals surface area contributed by atoms with Crippen molar-refractivity contribution < 1.29 is 0 Å². The van der Waals surface area contributed by atoms with Crippen LogP contribution in [0, 0.1) is 6.92 Å². The SMILES string of the molecule is Cc1ncn2c1CC2. The Hall–Kier alpha value is -0.790. The molecule has 1 aliphatic heterocycles. The van der Waals surface area contributed by atoms with E-state index in [-0.39, 0.29) is 0 Å². The molecule has 0 spiro atoms. The van der Waals surface area contributed by atoms with Crippen molar-refractivity contribution in [3.8, 4) is 0 Å². The van der Waals surface area contributed by atoms with E-state index in [1.54, 1.807) is 0 Å². The second kappa shape index (κ2) is 1.13. The third-order valence-corrected chi connectivity index (χ3v) is 1.74. The highest BCUT2D eigenvalue weighted by atomic mass is 15.1. The van der Waals surface area contributed by atoms with Crippen molar-refractivity contribution in [2.24, 2.45) is 0 Å². The summed E-state index contributed by atoms with van der Waals surface area (Å²) in [5, 5.41) is 0. The lowest BCUT2D eigenvalue weighted by molar-refractivity contribution is 0.552. The van der Waals surface area contributed by atoms with Gasteiger partial charge < -0.3 is 4.57 Å². The molecule has 0 fully saturated rings. The van der Waals surface area contributed by atoms with Crippen LogP contribution < -0.4 is 0 Å². The fraction of sp³-hybridized carbons (Fsp3) is 0.500. The van der Waals surface area contributed by atoms with Crippen LogP contribution in [0.25, 0.3) is 0 Å². The molecule has 0 saturated heterocycles. The van der Waals surface area contributed by atoms with Gasteiger partial charge in [0, 0.05) is 18.7 Å². The average Bonchev–Trinajstić information content (AvgIpc) is 1.80. The maximum Gasteiger partial charge on any atom is 0.0951 e. The van der Waals surface area contributed by atoms with Gasteiger partial charge in [-0.15, -0.1) is 0 Å². The molecule has 2 heteroatoms. The third-order valence-electron chi connectivity index (χ3n) is 1.74. The van der Waals surface area contributed by atoms with E-state index in [1.165, 1.54) is 24.4 Å².